The smallest absolute Gasteiger partial charge is 0.223 e. The van der Waals surface area contributed by atoms with Gasteiger partial charge in [-0.2, -0.15) is 0 Å². The Labute approximate surface area is 136 Å². The summed E-state index contributed by atoms with van der Waals surface area (Å²) >= 11 is 0. The molecule has 0 spiro atoms. The Balaban J connectivity index is 1.64. The maximum Gasteiger partial charge on any atom is 0.223 e. The summed E-state index contributed by atoms with van der Waals surface area (Å²) < 4.78 is 0. The Hall–Kier alpha value is -2.49. The van der Waals surface area contributed by atoms with E-state index in [1.165, 1.54) is 6.33 Å². The van der Waals surface area contributed by atoms with Crippen LogP contribution < -0.4 is 5.32 Å². The predicted molar refractivity (Wildman–Crippen MR) is 90.5 cm³/mol. The van der Waals surface area contributed by atoms with Crippen molar-refractivity contribution in [2.45, 2.75) is 32.2 Å². The number of aromatic nitrogens is 2. The first-order valence-electron chi connectivity index (χ1n) is 8.05. The van der Waals surface area contributed by atoms with Gasteiger partial charge in [0, 0.05) is 23.9 Å². The fourth-order valence-electron chi connectivity index (χ4n) is 2.86. The maximum absolute atomic E-state index is 12.3. The highest BCUT2D eigenvalue weighted by molar-refractivity contribution is 5.79. The summed E-state index contributed by atoms with van der Waals surface area (Å²) in [6.45, 7) is 2.03. The molecule has 0 saturated heterocycles. The summed E-state index contributed by atoms with van der Waals surface area (Å²) in [7, 11) is 0. The van der Waals surface area contributed by atoms with E-state index in [0.29, 0.717) is 0 Å². The van der Waals surface area contributed by atoms with Gasteiger partial charge in [0.2, 0.25) is 5.91 Å². The van der Waals surface area contributed by atoms with Crippen LogP contribution in [0.1, 0.15) is 37.8 Å². The monoisotopic (exact) mass is 307 g/mol. The summed E-state index contributed by atoms with van der Waals surface area (Å²) in [5.41, 5.74) is 3.17. The second-order valence-corrected chi connectivity index (χ2v) is 5.96. The van der Waals surface area contributed by atoms with Crippen molar-refractivity contribution in [3.63, 3.8) is 0 Å². The quantitative estimate of drug-likeness (QED) is 0.877. The zero-order valence-electron chi connectivity index (χ0n) is 13.3. The van der Waals surface area contributed by atoms with Gasteiger partial charge in [0.15, 0.2) is 0 Å². The largest absolute Gasteiger partial charge is 0.349 e. The van der Waals surface area contributed by atoms with Crippen LogP contribution >= 0.6 is 0 Å². The molecule has 2 unspecified atom stereocenters. The van der Waals surface area contributed by atoms with Crippen LogP contribution in [0.25, 0.3) is 11.1 Å². The van der Waals surface area contributed by atoms with Crippen LogP contribution in [0.2, 0.25) is 0 Å². The second-order valence-electron chi connectivity index (χ2n) is 5.96. The number of hydrogen-bond donors (Lipinski definition) is 1. The summed E-state index contributed by atoms with van der Waals surface area (Å²) in [5.74, 6) is 0.269. The van der Waals surface area contributed by atoms with E-state index in [1.54, 1.807) is 12.4 Å². The molecule has 118 valence electrons. The molecule has 3 rings (SSSR count). The van der Waals surface area contributed by atoms with Crippen molar-refractivity contribution >= 4 is 5.91 Å². The minimum Gasteiger partial charge on any atom is -0.349 e. The summed E-state index contributed by atoms with van der Waals surface area (Å²) in [6, 6.07) is 8.19. The Morgan fingerprint density at radius 3 is 2.52 bits per heavy atom. The van der Waals surface area contributed by atoms with Crippen molar-refractivity contribution in [3.05, 3.63) is 60.7 Å². The van der Waals surface area contributed by atoms with Gasteiger partial charge in [-0.25, -0.2) is 9.97 Å². The van der Waals surface area contributed by atoms with Crippen LogP contribution in [-0.2, 0) is 4.79 Å². The third-order valence-corrected chi connectivity index (χ3v) is 4.30. The van der Waals surface area contributed by atoms with Gasteiger partial charge in [-0.1, -0.05) is 36.4 Å². The molecule has 1 aliphatic carbocycles. The lowest BCUT2D eigenvalue weighted by Gasteiger charge is -2.21. The standard InChI is InChI=1S/C19H21N3O/c1-14(22-19(23)17-5-3-2-4-6-17)15-7-9-16(10-8-15)18-11-20-13-21-12-18/h2-3,7-14,17H,4-6H2,1H3,(H,22,23). The number of benzene rings is 1. The normalized spacial score (nSPS) is 18.4. The average Bonchev–Trinajstić information content (AvgIpc) is 2.63. The third kappa shape index (κ3) is 3.83. The third-order valence-electron chi connectivity index (χ3n) is 4.30. The first kappa shape index (κ1) is 15.4. The van der Waals surface area contributed by atoms with Gasteiger partial charge in [-0.05, 0) is 37.3 Å². The van der Waals surface area contributed by atoms with Crippen LogP contribution in [0.5, 0.6) is 0 Å². The zero-order chi connectivity index (χ0) is 16.1. The molecule has 1 aromatic heterocycles. The molecule has 1 N–H and O–H groups in total. The van der Waals surface area contributed by atoms with Gasteiger partial charge in [0.1, 0.15) is 6.33 Å². The summed E-state index contributed by atoms with van der Waals surface area (Å²) in [5, 5.41) is 3.13. The van der Waals surface area contributed by atoms with Crippen molar-refractivity contribution in [3.8, 4) is 11.1 Å². The molecule has 1 heterocycles. The summed E-state index contributed by atoms with van der Waals surface area (Å²) in [6.07, 6.45) is 12.2. The lowest BCUT2D eigenvalue weighted by atomic mass is 9.93. The van der Waals surface area contributed by atoms with E-state index in [4.69, 9.17) is 0 Å². The molecule has 1 amide bonds. The van der Waals surface area contributed by atoms with Crippen LogP contribution in [0.4, 0.5) is 0 Å². The topological polar surface area (TPSA) is 54.9 Å². The van der Waals surface area contributed by atoms with Gasteiger partial charge < -0.3 is 5.32 Å². The van der Waals surface area contributed by atoms with E-state index >= 15 is 0 Å². The highest BCUT2D eigenvalue weighted by Crippen LogP contribution is 2.22. The minimum atomic E-state index is 0.00878. The number of hydrogen-bond acceptors (Lipinski definition) is 3. The average molecular weight is 307 g/mol. The van der Waals surface area contributed by atoms with E-state index in [0.717, 1.165) is 36.0 Å². The fraction of sp³-hybridized carbons (Fsp3) is 0.316. The van der Waals surface area contributed by atoms with Crippen molar-refractivity contribution in [2.75, 3.05) is 0 Å². The number of carbonyl (C=O) groups excluding carboxylic acids is 1. The van der Waals surface area contributed by atoms with Gasteiger partial charge in [-0.15, -0.1) is 0 Å². The Morgan fingerprint density at radius 2 is 1.87 bits per heavy atom. The first-order chi connectivity index (χ1) is 11.2. The van der Waals surface area contributed by atoms with Gasteiger partial charge in [-0.3, -0.25) is 4.79 Å². The van der Waals surface area contributed by atoms with E-state index in [9.17, 15) is 4.79 Å². The molecule has 0 bridgehead atoms. The van der Waals surface area contributed by atoms with Gasteiger partial charge in [0.25, 0.3) is 0 Å². The fourth-order valence-corrected chi connectivity index (χ4v) is 2.86. The zero-order valence-corrected chi connectivity index (χ0v) is 13.3. The van der Waals surface area contributed by atoms with Crippen molar-refractivity contribution in [1.82, 2.24) is 15.3 Å². The van der Waals surface area contributed by atoms with Gasteiger partial charge in [0.05, 0.1) is 6.04 Å². The van der Waals surface area contributed by atoms with Crippen LogP contribution in [-0.4, -0.2) is 15.9 Å². The Kier molecular flexibility index (Phi) is 4.81. The van der Waals surface area contributed by atoms with Crippen molar-refractivity contribution in [1.29, 1.82) is 0 Å². The number of nitrogens with zero attached hydrogens (tertiary/aromatic N) is 2. The van der Waals surface area contributed by atoms with Crippen LogP contribution in [0.15, 0.2) is 55.1 Å². The molecule has 4 heteroatoms. The number of nitrogens with one attached hydrogen (secondary N) is 1. The van der Waals surface area contributed by atoms with Crippen LogP contribution in [0, 0.1) is 5.92 Å². The lowest BCUT2D eigenvalue weighted by Crippen LogP contribution is -2.33. The maximum atomic E-state index is 12.3. The molecule has 2 aromatic rings. The molecule has 0 aliphatic heterocycles. The lowest BCUT2D eigenvalue weighted by molar-refractivity contribution is -0.125. The molecule has 1 aliphatic rings. The first-order valence-corrected chi connectivity index (χ1v) is 8.05. The molecule has 2 atom stereocenters. The minimum absolute atomic E-state index is 0.00878. The number of carbonyl (C=O) groups is 1. The van der Waals surface area contributed by atoms with Gasteiger partial charge >= 0.3 is 0 Å². The molecule has 23 heavy (non-hydrogen) atoms. The molecule has 4 nitrogen and oxygen atoms in total. The van der Waals surface area contributed by atoms with E-state index < -0.39 is 0 Å². The molecular weight excluding hydrogens is 286 g/mol. The Bertz CT molecular complexity index is 680. The van der Waals surface area contributed by atoms with Crippen LogP contribution in [0.3, 0.4) is 0 Å². The number of allylic oxidation sites excluding steroid dienone is 2. The van der Waals surface area contributed by atoms with Crippen molar-refractivity contribution in [2.24, 2.45) is 5.92 Å². The number of rotatable bonds is 4. The van der Waals surface area contributed by atoms with Crippen molar-refractivity contribution < 1.29 is 4.79 Å². The molecule has 1 aromatic carbocycles. The van der Waals surface area contributed by atoms with E-state index in [2.05, 4.69) is 27.4 Å². The van der Waals surface area contributed by atoms with E-state index in [-0.39, 0.29) is 17.9 Å². The Morgan fingerprint density at radius 1 is 1.13 bits per heavy atom. The number of amides is 1. The highest BCUT2D eigenvalue weighted by atomic mass is 16.1. The highest BCUT2D eigenvalue weighted by Gasteiger charge is 2.20. The SMILES string of the molecule is CC(NC(=O)C1CC=CCC1)c1ccc(-c2cncnc2)cc1. The second kappa shape index (κ2) is 7.18. The molecular formula is C19H21N3O. The summed E-state index contributed by atoms with van der Waals surface area (Å²) in [4.78, 5) is 20.4. The van der Waals surface area contributed by atoms with E-state index in [1.807, 2.05) is 31.2 Å². The molecule has 0 fully saturated rings. The molecule has 0 radical (unpaired) electrons. The predicted octanol–water partition coefficient (Wildman–Crippen LogP) is 3.68. The molecule has 0 saturated carbocycles.